The summed E-state index contributed by atoms with van der Waals surface area (Å²) in [5.74, 6) is 5.78. The van der Waals surface area contributed by atoms with E-state index in [0.717, 1.165) is 11.3 Å². The fraction of sp³-hybridized carbons (Fsp3) is 0.0435. The number of nitrogens with zero attached hydrogens (tertiary/aromatic N) is 5. The molecule has 0 saturated heterocycles. The van der Waals surface area contributed by atoms with E-state index in [0.29, 0.717) is 22.9 Å². The van der Waals surface area contributed by atoms with Gasteiger partial charge < -0.3 is 20.7 Å². The van der Waals surface area contributed by atoms with Gasteiger partial charge >= 0.3 is 5.97 Å². The molecule has 0 aliphatic rings. The van der Waals surface area contributed by atoms with Crippen molar-refractivity contribution in [3.05, 3.63) is 83.2 Å². The van der Waals surface area contributed by atoms with Crippen LogP contribution < -0.4 is 11.2 Å². The topological polar surface area (TPSA) is 166 Å². The zero-order valence-corrected chi connectivity index (χ0v) is 17.8. The summed E-state index contributed by atoms with van der Waals surface area (Å²) in [6.45, 7) is 1.97. The average molecular weight is 455 g/mol. The van der Waals surface area contributed by atoms with Gasteiger partial charge in [0.2, 0.25) is 11.3 Å². The first kappa shape index (κ1) is 20.8. The highest BCUT2D eigenvalue weighted by Gasteiger charge is 2.22. The van der Waals surface area contributed by atoms with Crippen molar-refractivity contribution in [2.45, 2.75) is 6.92 Å². The van der Waals surface area contributed by atoms with Gasteiger partial charge in [0.25, 0.3) is 0 Å². The van der Waals surface area contributed by atoms with Crippen molar-refractivity contribution >= 4 is 34.5 Å². The molecule has 0 bridgehead atoms. The van der Waals surface area contributed by atoms with Crippen LogP contribution in [0.3, 0.4) is 0 Å². The van der Waals surface area contributed by atoms with E-state index in [9.17, 15) is 9.90 Å². The SMILES string of the molecule is Cc1cccc(Nc2nc3nonc3nc2C(=NN)c2ccc(-c3cccc(C(=O)O)c3)o2)c1. The van der Waals surface area contributed by atoms with Crippen LogP contribution in [-0.2, 0) is 0 Å². The number of nitrogens with two attached hydrogens (primary N) is 1. The molecule has 0 atom stereocenters. The van der Waals surface area contributed by atoms with Crippen molar-refractivity contribution in [1.82, 2.24) is 20.3 Å². The molecule has 5 rings (SSSR count). The summed E-state index contributed by atoms with van der Waals surface area (Å²) in [4.78, 5) is 20.3. The quantitative estimate of drug-likeness (QED) is 0.195. The summed E-state index contributed by atoms with van der Waals surface area (Å²) in [6.07, 6.45) is 0. The molecule has 0 aliphatic carbocycles. The Balaban J connectivity index is 1.57. The number of rotatable bonds is 6. The maximum Gasteiger partial charge on any atom is 0.335 e. The second kappa shape index (κ2) is 8.47. The normalized spacial score (nSPS) is 11.6. The van der Waals surface area contributed by atoms with Crippen molar-refractivity contribution in [2.24, 2.45) is 10.9 Å². The molecule has 11 nitrogen and oxygen atoms in total. The van der Waals surface area contributed by atoms with Crippen molar-refractivity contribution < 1.29 is 18.9 Å². The van der Waals surface area contributed by atoms with Gasteiger partial charge in [0.1, 0.15) is 11.5 Å². The first-order valence-electron chi connectivity index (χ1n) is 10.1. The van der Waals surface area contributed by atoms with E-state index >= 15 is 0 Å². The largest absolute Gasteiger partial charge is 0.478 e. The molecule has 0 saturated carbocycles. The fourth-order valence-electron chi connectivity index (χ4n) is 3.42. The van der Waals surface area contributed by atoms with Crippen molar-refractivity contribution in [1.29, 1.82) is 0 Å². The zero-order chi connectivity index (χ0) is 23.7. The Labute approximate surface area is 191 Å². The molecule has 3 heterocycles. The van der Waals surface area contributed by atoms with Crippen LogP contribution in [0, 0.1) is 6.92 Å². The van der Waals surface area contributed by atoms with Crippen LogP contribution in [0.25, 0.3) is 22.6 Å². The van der Waals surface area contributed by atoms with Crippen molar-refractivity contribution in [3.63, 3.8) is 0 Å². The summed E-state index contributed by atoms with van der Waals surface area (Å²) < 4.78 is 10.7. The molecule has 2 aromatic carbocycles. The third kappa shape index (κ3) is 3.93. The first-order chi connectivity index (χ1) is 16.5. The lowest BCUT2D eigenvalue weighted by Gasteiger charge is -2.11. The number of furan rings is 1. The predicted octanol–water partition coefficient (Wildman–Crippen LogP) is 3.73. The van der Waals surface area contributed by atoms with Crippen LogP contribution in [0.4, 0.5) is 11.5 Å². The first-order valence-corrected chi connectivity index (χ1v) is 10.1. The van der Waals surface area contributed by atoms with Gasteiger partial charge in [0.15, 0.2) is 17.3 Å². The molecular formula is C23H17N7O4. The second-order valence-electron chi connectivity index (χ2n) is 7.35. The Morgan fingerprint density at radius 3 is 2.59 bits per heavy atom. The Kier molecular flexibility index (Phi) is 5.18. The molecule has 11 heteroatoms. The Morgan fingerprint density at radius 1 is 1.03 bits per heavy atom. The van der Waals surface area contributed by atoms with E-state index in [-0.39, 0.29) is 28.3 Å². The van der Waals surface area contributed by atoms with Gasteiger partial charge in [-0.3, -0.25) is 0 Å². The van der Waals surface area contributed by atoms with Crippen LogP contribution >= 0.6 is 0 Å². The molecular weight excluding hydrogens is 438 g/mol. The van der Waals surface area contributed by atoms with E-state index in [1.807, 2.05) is 31.2 Å². The highest BCUT2D eigenvalue weighted by molar-refractivity contribution is 6.13. The summed E-state index contributed by atoms with van der Waals surface area (Å²) in [7, 11) is 0. The molecule has 4 N–H and O–H groups in total. The average Bonchev–Trinajstić information content (AvgIpc) is 3.49. The van der Waals surface area contributed by atoms with Gasteiger partial charge in [-0.25, -0.2) is 19.4 Å². The monoisotopic (exact) mass is 455 g/mol. The lowest BCUT2D eigenvalue weighted by atomic mass is 10.1. The highest BCUT2D eigenvalue weighted by Crippen LogP contribution is 2.27. The summed E-state index contributed by atoms with van der Waals surface area (Å²) >= 11 is 0. The number of carbonyl (C=O) groups is 1. The minimum absolute atomic E-state index is 0.141. The molecule has 0 radical (unpaired) electrons. The number of carboxylic acids is 1. The molecule has 0 spiro atoms. The fourth-order valence-corrected chi connectivity index (χ4v) is 3.42. The van der Waals surface area contributed by atoms with Crippen LogP contribution in [0.5, 0.6) is 0 Å². The van der Waals surface area contributed by atoms with Gasteiger partial charge in [-0.1, -0.05) is 24.3 Å². The molecule has 0 unspecified atom stereocenters. The number of hydrogen-bond acceptors (Lipinski definition) is 10. The number of aryl methyl sites for hydroxylation is 1. The van der Waals surface area contributed by atoms with Gasteiger partial charge in [0.05, 0.1) is 5.56 Å². The van der Waals surface area contributed by atoms with Crippen molar-refractivity contribution in [2.75, 3.05) is 5.32 Å². The Morgan fingerprint density at radius 2 is 1.82 bits per heavy atom. The maximum atomic E-state index is 11.3. The number of hydrazone groups is 1. The zero-order valence-electron chi connectivity index (χ0n) is 17.8. The molecule has 0 fully saturated rings. The minimum Gasteiger partial charge on any atom is -0.478 e. The number of aromatic carboxylic acids is 1. The number of aromatic nitrogens is 4. The number of nitrogens with one attached hydrogen (secondary N) is 1. The Hall–Kier alpha value is -5.06. The summed E-state index contributed by atoms with van der Waals surface area (Å²) in [5, 5.41) is 23.9. The number of fused-ring (bicyclic) bond motifs is 1. The van der Waals surface area contributed by atoms with E-state index in [1.54, 1.807) is 24.3 Å². The van der Waals surface area contributed by atoms with Crippen molar-refractivity contribution in [3.8, 4) is 11.3 Å². The predicted molar refractivity (Wildman–Crippen MR) is 123 cm³/mol. The third-order valence-corrected chi connectivity index (χ3v) is 4.98. The van der Waals surface area contributed by atoms with Crippen LogP contribution in [-0.4, -0.2) is 37.1 Å². The lowest BCUT2D eigenvalue weighted by molar-refractivity contribution is 0.0697. The third-order valence-electron chi connectivity index (χ3n) is 4.98. The number of hydrogen-bond donors (Lipinski definition) is 3. The van der Waals surface area contributed by atoms with Gasteiger partial charge in [0, 0.05) is 11.3 Å². The molecule has 168 valence electrons. The molecule has 34 heavy (non-hydrogen) atoms. The van der Waals surface area contributed by atoms with Gasteiger partial charge in [-0.15, -0.1) is 0 Å². The van der Waals surface area contributed by atoms with E-state index in [2.05, 4.69) is 30.7 Å². The number of carboxylic acid groups (broad SMARTS) is 1. The molecule has 3 aromatic heterocycles. The molecule has 0 aliphatic heterocycles. The maximum absolute atomic E-state index is 11.3. The summed E-state index contributed by atoms with van der Waals surface area (Å²) in [6, 6.07) is 17.5. The minimum atomic E-state index is -1.03. The van der Waals surface area contributed by atoms with Gasteiger partial charge in [-0.05, 0) is 59.2 Å². The van der Waals surface area contributed by atoms with E-state index in [1.165, 1.54) is 12.1 Å². The van der Waals surface area contributed by atoms with E-state index in [4.69, 9.17) is 14.9 Å². The standard InChI is InChI=1S/C23H17N7O4/c1-12-4-2-7-15(10-12)25-20-19(26-21-22(27-20)30-34-29-21)18(28-24)17-9-8-16(33-17)13-5-3-6-14(11-13)23(31)32/h2-11H,24H2,1H3,(H,31,32)(H,25,27,30). The molecule has 0 amide bonds. The Bertz CT molecular complexity index is 1550. The number of anilines is 2. The smallest absolute Gasteiger partial charge is 0.335 e. The van der Waals surface area contributed by atoms with Crippen LogP contribution in [0.2, 0.25) is 0 Å². The second-order valence-corrected chi connectivity index (χ2v) is 7.35. The van der Waals surface area contributed by atoms with Crippen LogP contribution in [0.1, 0.15) is 27.4 Å². The number of benzene rings is 2. The summed E-state index contributed by atoms with van der Waals surface area (Å²) in [5.41, 5.74) is 3.41. The van der Waals surface area contributed by atoms with Crippen LogP contribution in [0.15, 0.2) is 74.8 Å². The van der Waals surface area contributed by atoms with E-state index < -0.39 is 5.97 Å². The molecule has 5 aromatic rings. The lowest BCUT2D eigenvalue weighted by Crippen LogP contribution is -2.13. The van der Waals surface area contributed by atoms with Gasteiger partial charge in [-0.2, -0.15) is 5.10 Å². The highest BCUT2D eigenvalue weighted by atomic mass is 16.6.